The standard InChI is InChI=1S/C5H8N2O4P/c1-4(8)2-5-7(6)3-10-12(9)11-5/h5H,2-3H2,1H3/q+1. The van der Waals surface area contributed by atoms with Crippen LogP contribution in [-0.2, 0) is 18.4 Å². The second-order valence-electron chi connectivity index (χ2n) is 2.39. The molecule has 0 radical (unpaired) electrons. The maximum absolute atomic E-state index is 10.7. The number of Topliss-reactive ketones (excluding diaryl/α,β-unsaturated/α-hetero) is 1. The van der Waals surface area contributed by atoms with E-state index >= 15 is 0 Å². The van der Waals surface area contributed by atoms with Crippen LogP contribution in [0.4, 0.5) is 0 Å². The summed E-state index contributed by atoms with van der Waals surface area (Å²) in [6, 6.07) is 0. The van der Waals surface area contributed by atoms with Gasteiger partial charge in [0.25, 0.3) is 6.73 Å². The lowest BCUT2D eigenvalue weighted by Crippen LogP contribution is -2.31. The predicted octanol–water partition coefficient (Wildman–Crippen LogP) is 0.987. The quantitative estimate of drug-likeness (QED) is 0.481. The van der Waals surface area contributed by atoms with Gasteiger partial charge in [0.2, 0.25) is 0 Å². The number of carbonyl (C=O) groups is 1. The molecule has 1 fully saturated rings. The highest BCUT2D eigenvalue weighted by Crippen LogP contribution is 2.31. The molecule has 1 rings (SSSR count). The van der Waals surface area contributed by atoms with Gasteiger partial charge in [-0.25, -0.2) is 0 Å². The number of hydrogen-bond acceptors (Lipinski definition) is 4. The third-order valence-corrected chi connectivity index (χ3v) is 2.04. The van der Waals surface area contributed by atoms with Crippen molar-refractivity contribution < 1.29 is 23.1 Å². The fraction of sp³-hybridized carbons (Fsp3) is 0.800. The summed E-state index contributed by atoms with van der Waals surface area (Å²) in [6.07, 6.45) is -0.846. The monoisotopic (exact) mass is 191 g/mol. The van der Waals surface area contributed by atoms with Gasteiger partial charge in [0, 0.05) is 4.57 Å². The molecule has 0 aromatic rings. The van der Waals surface area contributed by atoms with E-state index in [1.807, 2.05) is 0 Å². The lowest BCUT2D eigenvalue weighted by molar-refractivity contribution is -0.654. The summed E-state index contributed by atoms with van der Waals surface area (Å²) in [5, 5.41) is 0. The Kier molecular flexibility index (Phi) is 2.97. The van der Waals surface area contributed by atoms with E-state index in [0.717, 1.165) is 0 Å². The van der Waals surface area contributed by atoms with Crippen LogP contribution < -0.4 is 0 Å². The van der Waals surface area contributed by atoms with Crippen molar-refractivity contribution in [2.75, 3.05) is 6.73 Å². The van der Waals surface area contributed by atoms with Crippen LogP contribution in [0.15, 0.2) is 0 Å². The lowest BCUT2D eigenvalue weighted by atomic mass is 10.3. The summed E-state index contributed by atoms with van der Waals surface area (Å²) in [5.41, 5.74) is 9.04. The van der Waals surface area contributed by atoms with E-state index in [9.17, 15) is 9.36 Å². The Balaban J connectivity index is 2.55. The maximum Gasteiger partial charge on any atom is 0.710 e. The first-order chi connectivity index (χ1) is 5.59. The summed E-state index contributed by atoms with van der Waals surface area (Å²) in [6.45, 7) is 1.16. The molecule has 7 heteroatoms. The van der Waals surface area contributed by atoms with E-state index in [4.69, 9.17) is 5.53 Å². The molecule has 6 nitrogen and oxygen atoms in total. The van der Waals surface area contributed by atoms with Gasteiger partial charge in [-0.3, -0.25) is 9.49 Å². The molecule has 0 N–H and O–H groups in total. The Bertz CT molecular complexity index is 240. The first kappa shape index (κ1) is 9.38. The van der Waals surface area contributed by atoms with Crippen molar-refractivity contribution in [3.8, 4) is 0 Å². The van der Waals surface area contributed by atoms with Crippen molar-refractivity contribution in [3.63, 3.8) is 0 Å². The summed E-state index contributed by atoms with van der Waals surface area (Å²) in [7, 11) is -2.19. The van der Waals surface area contributed by atoms with Gasteiger partial charge < -0.3 is 5.53 Å². The normalized spacial score (nSPS) is 27.2. The topological polar surface area (TPSA) is 77.9 Å². The van der Waals surface area contributed by atoms with Gasteiger partial charge in [-0.05, 0) is 16.0 Å². The molecule has 1 aliphatic heterocycles. The van der Waals surface area contributed by atoms with E-state index in [-0.39, 0.29) is 18.9 Å². The van der Waals surface area contributed by atoms with Crippen molar-refractivity contribution in [1.29, 1.82) is 0 Å². The second-order valence-corrected chi connectivity index (χ2v) is 3.30. The van der Waals surface area contributed by atoms with Crippen LogP contribution >= 0.6 is 8.25 Å². The van der Waals surface area contributed by atoms with Crippen LogP contribution in [0.1, 0.15) is 13.3 Å². The Morgan fingerprint density at radius 1 is 1.83 bits per heavy atom. The molecule has 1 heterocycles. The zero-order valence-corrected chi connectivity index (χ0v) is 7.36. The van der Waals surface area contributed by atoms with Crippen LogP contribution in [-0.4, -0.2) is 23.4 Å². The van der Waals surface area contributed by atoms with Crippen LogP contribution in [0.3, 0.4) is 0 Å². The Labute approximate surface area is 69.9 Å². The zero-order valence-electron chi connectivity index (χ0n) is 6.47. The zero-order chi connectivity index (χ0) is 9.14. The molecule has 2 atom stereocenters. The van der Waals surface area contributed by atoms with Gasteiger partial charge in [-0.2, -0.15) is 0 Å². The van der Waals surface area contributed by atoms with Gasteiger partial charge >= 0.3 is 14.5 Å². The predicted molar refractivity (Wildman–Crippen MR) is 37.3 cm³/mol. The highest BCUT2D eigenvalue weighted by molar-refractivity contribution is 7.33. The third-order valence-electron chi connectivity index (χ3n) is 1.30. The molecule has 0 spiro atoms. The van der Waals surface area contributed by atoms with Crippen LogP contribution in [0.2, 0.25) is 0 Å². The number of nitrogens with zero attached hydrogens (tertiary/aromatic N) is 2. The summed E-state index contributed by atoms with van der Waals surface area (Å²) < 4.78 is 20.5. The minimum Gasteiger partial charge on any atom is -0.502 e. The maximum atomic E-state index is 10.7. The molecule has 1 saturated heterocycles. The number of rotatable bonds is 2. The van der Waals surface area contributed by atoms with Crippen molar-refractivity contribution in [2.45, 2.75) is 19.6 Å². The molecular formula is C5H8N2O4P+. The van der Waals surface area contributed by atoms with Crippen molar-refractivity contribution in [3.05, 3.63) is 5.53 Å². The summed E-state index contributed by atoms with van der Waals surface area (Å²) >= 11 is 0. The van der Waals surface area contributed by atoms with Crippen LogP contribution in [0.25, 0.3) is 5.53 Å². The molecule has 1 aliphatic rings. The molecule has 0 aliphatic carbocycles. The highest BCUT2D eigenvalue weighted by Gasteiger charge is 2.40. The largest absolute Gasteiger partial charge is 0.710 e. The number of carbonyl (C=O) groups excluding carboxylic acids is 1. The fourth-order valence-electron chi connectivity index (χ4n) is 0.762. The molecule has 0 aromatic carbocycles. The average Bonchev–Trinajstić information content (AvgIpc) is 1.96. The molecule has 66 valence electrons. The fourth-order valence-corrected chi connectivity index (χ4v) is 1.42. The van der Waals surface area contributed by atoms with Crippen molar-refractivity contribution in [1.82, 2.24) is 0 Å². The number of ketones is 1. The minimum absolute atomic E-state index is 0.000926. The molecule has 2 unspecified atom stereocenters. The molecule has 0 saturated carbocycles. The molecule has 12 heavy (non-hydrogen) atoms. The van der Waals surface area contributed by atoms with Gasteiger partial charge in [0.05, 0.1) is 6.42 Å². The Morgan fingerprint density at radius 2 is 2.50 bits per heavy atom. The van der Waals surface area contributed by atoms with E-state index in [1.54, 1.807) is 0 Å². The van der Waals surface area contributed by atoms with Gasteiger partial charge in [-0.1, -0.05) is 0 Å². The molecule has 0 amide bonds. The van der Waals surface area contributed by atoms with E-state index < -0.39 is 14.5 Å². The minimum atomic E-state index is -2.19. The van der Waals surface area contributed by atoms with Crippen LogP contribution in [0, 0.1) is 0 Å². The summed E-state index contributed by atoms with van der Waals surface area (Å²) in [4.78, 5) is 10.6. The SMILES string of the molecule is CC(=O)CC1O[P+](=O)OC[N+]1=[N-]. The van der Waals surface area contributed by atoms with Gasteiger partial charge in [0.1, 0.15) is 5.78 Å². The van der Waals surface area contributed by atoms with Gasteiger partial charge in [0.15, 0.2) is 0 Å². The van der Waals surface area contributed by atoms with Gasteiger partial charge in [-0.15, -0.1) is 0 Å². The summed E-state index contributed by atoms with van der Waals surface area (Å²) in [5.74, 6) is -0.149. The Morgan fingerprint density at radius 3 is 3.08 bits per heavy atom. The second kappa shape index (κ2) is 3.80. The Hall–Kier alpha value is -0.710. The molecule has 0 aromatic heterocycles. The van der Waals surface area contributed by atoms with Crippen molar-refractivity contribution in [2.24, 2.45) is 0 Å². The first-order valence-electron chi connectivity index (χ1n) is 3.31. The average molecular weight is 191 g/mol. The van der Waals surface area contributed by atoms with E-state index in [0.29, 0.717) is 4.70 Å². The molecular weight excluding hydrogens is 183 g/mol. The lowest BCUT2D eigenvalue weighted by Gasteiger charge is -2.13. The van der Waals surface area contributed by atoms with E-state index in [2.05, 4.69) is 9.05 Å². The van der Waals surface area contributed by atoms with E-state index in [1.165, 1.54) is 6.92 Å². The first-order valence-corrected chi connectivity index (χ1v) is 4.41. The highest BCUT2D eigenvalue weighted by atomic mass is 31.1. The van der Waals surface area contributed by atoms with Crippen LogP contribution in [0.5, 0.6) is 0 Å². The number of hydrogen-bond donors (Lipinski definition) is 0. The van der Waals surface area contributed by atoms with Crippen molar-refractivity contribution >= 4 is 14.0 Å². The molecule has 0 bridgehead atoms. The smallest absolute Gasteiger partial charge is 0.502 e. The third kappa shape index (κ3) is 2.41.